The Hall–Kier alpha value is -1.90. The Morgan fingerprint density at radius 3 is 2.47 bits per heavy atom. The molecule has 17 heavy (non-hydrogen) atoms. The predicted molar refractivity (Wildman–Crippen MR) is 50.8 cm³/mol. The van der Waals surface area contributed by atoms with Crippen molar-refractivity contribution in [3.8, 4) is 6.07 Å². The van der Waals surface area contributed by atoms with Gasteiger partial charge in [0.05, 0.1) is 17.0 Å². The lowest BCUT2D eigenvalue weighted by Gasteiger charge is -2.33. The van der Waals surface area contributed by atoms with Crippen molar-refractivity contribution < 1.29 is 18.0 Å². The number of aromatic nitrogens is 1. The minimum Gasteiger partial charge on any atom is -0.300 e. The lowest BCUT2D eigenvalue weighted by molar-refractivity contribution is -0.137. The van der Waals surface area contributed by atoms with Crippen molar-refractivity contribution in [2.45, 2.75) is 24.4 Å². The topological polar surface area (TPSA) is 53.8 Å². The molecule has 0 amide bonds. The zero-order chi connectivity index (χ0) is 12.7. The second-order valence-corrected chi connectivity index (χ2v) is 4.05. The number of nitrogens with zero attached hydrogens (tertiary/aromatic N) is 2. The summed E-state index contributed by atoms with van der Waals surface area (Å²) in [5.41, 5.74) is -1.86. The fraction of sp³-hybridized carbons (Fsp3) is 0.364. The van der Waals surface area contributed by atoms with Gasteiger partial charge in [0.2, 0.25) is 0 Å². The molecule has 1 fully saturated rings. The Morgan fingerprint density at radius 1 is 1.35 bits per heavy atom. The summed E-state index contributed by atoms with van der Waals surface area (Å²) in [5.74, 6) is -0.121. The largest absolute Gasteiger partial charge is 0.417 e. The standard InChI is InChI=1S/C11H7F3N2O/c12-11(13,14)8-1-7(4-16-5-8)10(6-15)2-9(17)3-10/h1,4-5H,2-3H2. The number of halogens is 3. The molecule has 1 aromatic heterocycles. The van der Waals surface area contributed by atoms with Gasteiger partial charge < -0.3 is 0 Å². The summed E-state index contributed by atoms with van der Waals surface area (Å²) in [4.78, 5) is 14.4. The summed E-state index contributed by atoms with van der Waals surface area (Å²) >= 11 is 0. The maximum absolute atomic E-state index is 12.5. The average molecular weight is 240 g/mol. The molecule has 1 heterocycles. The third-order valence-corrected chi connectivity index (χ3v) is 2.83. The van der Waals surface area contributed by atoms with Crippen LogP contribution in [0.4, 0.5) is 13.2 Å². The van der Waals surface area contributed by atoms with Gasteiger partial charge in [0, 0.05) is 25.2 Å². The number of ketones is 1. The van der Waals surface area contributed by atoms with Crippen LogP contribution in [0, 0.1) is 11.3 Å². The van der Waals surface area contributed by atoms with E-state index in [4.69, 9.17) is 5.26 Å². The summed E-state index contributed by atoms with van der Waals surface area (Å²) in [6.07, 6.45) is -2.65. The lowest BCUT2D eigenvalue weighted by atomic mass is 9.65. The molecule has 0 bridgehead atoms. The van der Waals surface area contributed by atoms with Crippen LogP contribution in [-0.4, -0.2) is 10.8 Å². The van der Waals surface area contributed by atoms with E-state index in [9.17, 15) is 18.0 Å². The zero-order valence-electron chi connectivity index (χ0n) is 8.58. The summed E-state index contributed by atoms with van der Waals surface area (Å²) in [6, 6.07) is 2.80. The molecule has 1 aliphatic carbocycles. The van der Waals surface area contributed by atoms with Crippen LogP contribution >= 0.6 is 0 Å². The highest BCUT2D eigenvalue weighted by Crippen LogP contribution is 2.41. The molecule has 0 radical (unpaired) electrons. The molecule has 2 rings (SSSR count). The van der Waals surface area contributed by atoms with Gasteiger partial charge in [0.1, 0.15) is 5.78 Å². The van der Waals surface area contributed by atoms with Crippen molar-refractivity contribution in [2.24, 2.45) is 0 Å². The quantitative estimate of drug-likeness (QED) is 0.756. The van der Waals surface area contributed by atoms with Crippen LogP contribution < -0.4 is 0 Å². The van der Waals surface area contributed by atoms with E-state index in [1.165, 1.54) is 6.20 Å². The van der Waals surface area contributed by atoms with Crippen molar-refractivity contribution >= 4 is 5.78 Å². The Labute approximate surface area is 94.9 Å². The van der Waals surface area contributed by atoms with Crippen LogP contribution in [0.1, 0.15) is 24.0 Å². The smallest absolute Gasteiger partial charge is 0.300 e. The molecule has 0 N–H and O–H groups in total. The Kier molecular flexibility index (Phi) is 2.42. The number of nitriles is 1. The summed E-state index contributed by atoms with van der Waals surface area (Å²) in [5, 5.41) is 8.99. The fourth-order valence-electron chi connectivity index (χ4n) is 1.83. The molecule has 3 nitrogen and oxygen atoms in total. The van der Waals surface area contributed by atoms with Crippen LogP contribution in [0.3, 0.4) is 0 Å². The molecule has 1 aliphatic rings. The Morgan fingerprint density at radius 2 is 2.00 bits per heavy atom. The van der Waals surface area contributed by atoms with Gasteiger partial charge in [-0.05, 0) is 11.6 Å². The van der Waals surface area contributed by atoms with Crippen LogP contribution in [0.25, 0.3) is 0 Å². The van der Waals surface area contributed by atoms with Crippen LogP contribution in [0.2, 0.25) is 0 Å². The molecule has 1 aromatic rings. The number of Topliss-reactive ketones (excluding diaryl/α,β-unsaturated/α-hetero) is 1. The van der Waals surface area contributed by atoms with Gasteiger partial charge in [0.15, 0.2) is 0 Å². The zero-order valence-corrected chi connectivity index (χ0v) is 8.58. The first-order valence-electron chi connectivity index (χ1n) is 4.83. The highest BCUT2D eigenvalue weighted by Gasteiger charge is 2.46. The van der Waals surface area contributed by atoms with E-state index in [1.807, 2.05) is 6.07 Å². The average Bonchev–Trinajstić information content (AvgIpc) is 2.23. The fourth-order valence-corrected chi connectivity index (χ4v) is 1.83. The molecule has 0 spiro atoms. The van der Waals surface area contributed by atoms with Gasteiger partial charge in [-0.1, -0.05) is 0 Å². The van der Waals surface area contributed by atoms with Gasteiger partial charge in [-0.2, -0.15) is 18.4 Å². The van der Waals surface area contributed by atoms with Crippen molar-refractivity contribution in [1.29, 1.82) is 5.26 Å². The van der Waals surface area contributed by atoms with Gasteiger partial charge in [-0.3, -0.25) is 9.78 Å². The van der Waals surface area contributed by atoms with Crippen LogP contribution in [-0.2, 0) is 16.4 Å². The third-order valence-electron chi connectivity index (χ3n) is 2.83. The molecule has 6 heteroatoms. The first-order chi connectivity index (χ1) is 7.87. The SMILES string of the molecule is N#CC1(c2cncc(C(F)(F)F)c2)CC(=O)C1. The first-order valence-corrected chi connectivity index (χ1v) is 4.83. The van der Waals surface area contributed by atoms with Crippen LogP contribution in [0.5, 0.6) is 0 Å². The number of carbonyl (C=O) groups excluding carboxylic acids is 1. The van der Waals surface area contributed by atoms with Crippen molar-refractivity contribution in [3.63, 3.8) is 0 Å². The number of carbonyl (C=O) groups is 1. The molecule has 0 unspecified atom stereocenters. The highest BCUT2D eigenvalue weighted by atomic mass is 19.4. The second-order valence-electron chi connectivity index (χ2n) is 4.05. The van der Waals surface area contributed by atoms with Crippen molar-refractivity contribution in [2.75, 3.05) is 0 Å². The summed E-state index contributed by atoms with van der Waals surface area (Å²) in [7, 11) is 0. The van der Waals surface area contributed by atoms with E-state index in [2.05, 4.69) is 4.98 Å². The molecular formula is C11H7F3N2O. The summed E-state index contributed by atoms with van der Waals surface area (Å²) in [6.45, 7) is 0. The van der Waals surface area contributed by atoms with E-state index < -0.39 is 17.2 Å². The van der Waals surface area contributed by atoms with Crippen molar-refractivity contribution in [3.05, 3.63) is 29.6 Å². The molecule has 1 saturated carbocycles. The number of rotatable bonds is 1. The molecule has 0 aliphatic heterocycles. The van der Waals surface area contributed by atoms with E-state index in [0.717, 1.165) is 6.07 Å². The normalized spacial score (nSPS) is 18.4. The highest BCUT2D eigenvalue weighted by molar-refractivity contribution is 5.90. The molecule has 0 saturated heterocycles. The Balaban J connectivity index is 2.41. The number of pyridine rings is 1. The van der Waals surface area contributed by atoms with Gasteiger partial charge >= 0.3 is 6.18 Å². The van der Waals surface area contributed by atoms with Gasteiger partial charge in [-0.25, -0.2) is 0 Å². The minimum absolute atomic E-state index is 0.0352. The first kappa shape index (κ1) is 11.6. The van der Waals surface area contributed by atoms with Gasteiger partial charge in [0.25, 0.3) is 0 Å². The predicted octanol–water partition coefficient (Wildman–Crippen LogP) is 2.22. The lowest BCUT2D eigenvalue weighted by Crippen LogP contribution is -2.40. The van der Waals surface area contributed by atoms with E-state index >= 15 is 0 Å². The van der Waals surface area contributed by atoms with E-state index in [1.54, 1.807) is 0 Å². The molecule has 88 valence electrons. The number of hydrogen-bond donors (Lipinski definition) is 0. The second kappa shape index (κ2) is 3.55. The molecule has 0 aromatic carbocycles. The molecular weight excluding hydrogens is 233 g/mol. The maximum Gasteiger partial charge on any atom is 0.417 e. The number of hydrogen-bond acceptors (Lipinski definition) is 3. The molecule has 0 atom stereocenters. The maximum atomic E-state index is 12.5. The van der Waals surface area contributed by atoms with E-state index in [0.29, 0.717) is 6.20 Å². The Bertz CT molecular complexity index is 508. The van der Waals surface area contributed by atoms with Gasteiger partial charge in [-0.15, -0.1) is 0 Å². The monoisotopic (exact) mass is 240 g/mol. The third kappa shape index (κ3) is 1.88. The van der Waals surface area contributed by atoms with Crippen LogP contribution in [0.15, 0.2) is 18.5 Å². The number of alkyl halides is 3. The van der Waals surface area contributed by atoms with Crippen molar-refractivity contribution in [1.82, 2.24) is 4.98 Å². The minimum atomic E-state index is -4.49. The van der Waals surface area contributed by atoms with E-state index in [-0.39, 0.29) is 24.2 Å². The summed E-state index contributed by atoms with van der Waals surface area (Å²) < 4.78 is 37.4.